The predicted molar refractivity (Wildman–Crippen MR) is 76.1 cm³/mol. The number of rotatable bonds is 3. The van der Waals surface area contributed by atoms with E-state index in [4.69, 9.17) is 40.1 Å². The van der Waals surface area contributed by atoms with Gasteiger partial charge in [-0.1, -0.05) is 23.2 Å². The second-order valence-corrected chi connectivity index (χ2v) is 4.68. The van der Waals surface area contributed by atoms with Crippen molar-refractivity contribution in [1.29, 1.82) is 5.26 Å². The van der Waals surface area contributed by atoms with Crippen molar-refractivity contribution < 1.29 is 0 Å². The first kappa shape index (κ1) is 13.9. The fraction of sp³-hybridized carbons (Fsp3) is 0.0833. The van der Waals surface area contributed by atoms with Crippen molar-refractivity contribution in [3.05, 3.63) is 45.8 Å². The lowest BCUT2D eigenvalue weighted by atomic mass is 10.3. The Morgan fingerprint density at radius 2 is 1.95 bits per heavy atom. The number of aromatic nitrogens is 2. The fourth-order valence-electron chi connectivity index (χ4n) is 1.50. The van der Waals surface area contributed by atoms with Gasteiger partial charge in [0.1, 0.15) is 12.4 Å². The summed E-state index contributed by atoms with van der Waals surface area (Å²) in [7, 11) is 0. The van der Waals surface area contributed by atoms with Crippen molar-refractivity contribution in [3.8, 4) is 6.07 Å². The molecule has 0 radical (unpaired) electrons. The molecule has 0 atom stereocenters. The monoisotopic (exact) mass is 312 g/mol. The molecule has 0 spiro atoms. The summed E-state index contributed by atoms with van der Waals surface area (Å²) < 4.78 is 0. The highest BCUT2D eigenvalue weighted by molar-refractivity contribution is 6.42. The largest absolute Gasteiger partial charge is 0.312 e. The molecule has 0 aliphatic carbocycles. The quantitative estimate of drug-likeness (QED) is 0.632. The van der Waals surface area contributed by atoms with Crippen LogP contribution in [-0.2, 0) is 0 Å². The van der Waals surface area contributed by atoms with Gasteiger partial charge < -0.3 is 4.90 Å². The molecule has 4 nitrogen and oxygen atoms in total. The minimum atomic E-state index is 0.102. The topological polar surface area (TPSA) is 52.8 Å². The van der Waals surface area contributed by atoms with E-state index in [0.717, 1.165) is 0 Å². The molecule has 0 bridgehead atoms. The molecule has 0 saturated carbocycles. The third-order valence-electron chi connectivity index (χ3n) is 2.33. The van der Waals surface area contributed by atoms with Crippen LogP contribution in [0.3, 0.4) is 0 Å². The van der Waals surface area contributed by atoms with Crippen LogP contribution in [0.4, 0.5) is 11.5 Å². The zero-order valence-corrected chi connectivity index (χ0v) is 11.8. The van der Waals surface area contributed by atoms with Crippen LogP contribution in [0.2, 0.25) is 15.3 Å². The van der Waals surface area contributed by atoms with Gasteiger partial charge in [-0.25, -0.2) is 9.97 Å². The Hall–Kier alpha value is -1.54. The third kappa shape index (κ3) is 3.27. The average molecular weight is 314 g/mol. The molecule has 1 aromatic heterocycles. The van der Waals surface area contributed by atoms with Gasteiger partial charge in [-0.3, -0.25) is 0 Å². The van der Waals surface area contributed by atoms with Crippen LogP contribution in [-0.4, -0.2) is 16.5 Å². The standard InChI is InChI=1S/C12H7Cl3N4/c13-9-2-1-8(7-10(9)14)19(6-4-16)11-3-5-17-12(15)18-11/h1-3,5,7H,6H2. The molecule has 0 saturated heterocycles. The van der Waals surface area contributed by atoms with Gasteiger partial charge in [0.15, 0.2) is 0 Å². The maximum Gasteiger partial charge on any atom is 0.224 e. The molecular formula is C12H7Cl3N4. The maximum atomic E-state index is 8.93. The van der Waals surface area contributed by atoms with Crippen molar-refractivity contribution in [2.24, 2.45) is 0 Å². The van der Waals surface area contributed by atoms with Crippen LogP contribution < -0.4 is 4.90 Å². The summed E-state index contributed by atoms with van der Waals surface area (Å²) in [6.07, 6.45) is 1.52. The molecule has 2 rings (SSSR count). The highest BCUT2D eigenvalue weighted by Gasteiger charge is 2.12. The van der Waals surface area contributed by atoms with Gasteiger partial charge in [0.2, 0.25) is 5.28 Å². The predicted octanol–water partition coefficient (Wildman–Crippen LogP) is 4.10. The lowest BCUT2D eigenvalue weighted by molar-refractivity contribution is 1.03. The second-order valence-electron chi connectivity index (χ2n) is 3.53. The van der Waals surface area contributed by atoms with Gasteiger partial charge in [0.05, 0.1) is 16.1 Å². The summed E-state index contributed by atoms with van der Waals surface area (Å²) in [5.74, 6) is 0.514. The van der Waals surface area contributed by atoms with Crippen molar-refractivity contribution in [2.45, 2.75) is 0 Å². The number of nitriles is 1. The van der Waals surface area contributed by atoms with E-state index in [9.17, 15) is 0 Å². The van der Waals surface area contributed by atoms with Crippen LogP contribution >= 0.6 is 34.8 Å². The maximum absolute atomic E-state index is 8.93. The van der Waals surface area contributed by atoms with E-state index in [2.05, 4.69) is 16.0 Å². The number of hydrogen-bond donors (Lipinski definition) is 0. The lowest BCUT2D eigenvalue weighted by Gasteiger charge is -2.20. The highest BCUT2D eigenvalue weighted by Crippen LogP contribution is 2.30. The first-order chi connectivity index (χ1) is 9.11. The van der Waals surface area contributed by atoms with E-state index in [-0.39, 0.29) is 11.8 Å². The molecule has 0 amide bonds. The smallest absolute Gasteiger partial charge is 0.224 e. The number of hydrogen-bond acceptors (Lipinski definition) is 4. The molecule has 7 heteroatoms. The van der Waals surface area contributed by atoms with Crippen molar-refractivity contribution in [3.63, 3.8) is 0 Å². The van der Waals surface area contributed by atoms with Gasteiger partial charge in [-0.15, -0.1) is 0 Å². The molecule has 0 unspecified atom stereocenters. The lowest BCUT2D eigenvalue weighted by Crippen LogP contribution is -2.18. The van der Waals surface area contributed by atoms with Crippen LogP contribution in [0, 0.1) is 11.3 Å². The summed E-state index contributed by atoms with van der Waals surface area (Å²) in [6.45, 7) is 0.102. The number of halogens is 3. The Morgan fingerprint density at radius 3 is 2.58 bits per heavy atom. The number of nitrogens with zero attached hydrogens (tertiary/aromatic N) is 4. The molecule has 0 aliphatic rings. The number of benzene rings is 1. The normalized spacial score (nSPS) is 10.0. The molecule has 1 heterocycles. The molecule has 2 aromatic rings. The van der Waals surface area contributed by atoms with Crippen LogP contribution in [0.1, 0.15) is 0 Å². The first-order valence-corrected chi connectivity index (χ1v) is 6.33. The fourth-order valence-corrected chi connectivity index (χ4v) is 1.94. The number of anilines is 2. The summed E-state index contributed by atoms with van der Waals surface area (Å²) in [4.78, 5) is 9.54. The highest BCUT2D eigenvalue weighted by atomic mass is 35.5. The Bertz CT molecular complexity index is 639. The van der Waals surface area contributed by atoms with Gasteiger partial charge in [0.25, 0.3) is 0 Å². The molecule has 0 N–H and O–H groups in total. The van der Waals surface area contributed by atoms with Gasteiger partial charge >= 0.3 is 0 Å². The van der Waals surface area contributed by atoms with E-state index in [1.165, 1.54) is 6.20 Å². The van der Waals surface area contributed by atoms with E-state index in [1.54, 1.807) is 29.2 Å². The summed E-state index contributed by atoms with van der Waals surface area (Å²) in [6, 6.07) is 8.80. The summed E-state index contributed by atoms with van der Waals surface area (Å²) in [5.41, 5.74) is 0.700. The minimum absolute atomic E-state index is 0.102. The zero-order chi connectivity index (χ0) is 13.8. The van der Waals surface area contributed by atoms with Crippen LogP contribution in [0.15, 0.2) is 30.5 Å². The average Bonchev–Trinajstić information content (AvgIpc) is 2.39. The second kappa shape index (κ2) is 6.07. The third-order valence-corrected chi connectivity index (χ3v) is 3.25. The van der Waals surface area contributed by atoms with Crippen LogP contribution in [0.25, 0.3) is 0 Å². The van der Waals surface area contributed by atoms with Crippen molar-refractivity contribution in [1.82, 2.24) is 9.97 Å². The first-order valence-electron chi connectivity index (χ1n) is 5.20. The van der Waals surface area contributed by atoms with Gasteiger partial charge in [-0.2, -0.15) is 5.26 Å². The van der Waals surface area contributed by atoms with Crippen LogP contribution in [0.5, 0.6) is 0 Å². The van der Waals surface area contributed by atoms with E-state index in [1.807, 2.05) is 0 Å². The Balaban J connectivity index is 2.45. The Morgan fingerprint density at radius 1 is 1.16 bits per heavy atom. The minimum Gasteiger partial charge on any atom is -0.312 e. The molecule has 0 aliphatic heterocycles. The Labute approximate surface area is 125 Å². The van der Waals surface area contributed by atoms with E-state index in [0.29, 0.717) is 21.6 Å². The molecule has 96 valence electrons. The van der Waals surface area contributed by atoms with Crippen molar-refractivity contribution in [2.75, 3.05) is 11.4 Å². The van der Waals surface area contributed by atoms with Gasteiger partial charge in [0, 0.05) is 11.9 Å². The molecular weight excluding hydrogens is 307 g/mol. The van der Waals surface area contributed by atoms with Crippen molar-refractivity contribution >= 4 is 46.3 Å². The molecule has 1 aromatic carbocycles. The zero-order valence-electron chi connectivity index (χ0n) is 9.52. The van der Waals surface area contributed by atoms with E-state index >= 15 is 0 Å². The van der Waals surface area contributed by atoms with E-state index < -0.39 is 0 Å². The molecule has 19 heavy (non-hydrogen) atoms. The Kier molecular flexibility index (Phi) is 4.43. The SMILES string of the molecule is N#CCN(c1ccc(Cl)c(Cl)c1)c1ccnc(Cl)n1. The van der Waals surface area contributed by atoms with Gasteiger partial charge in [-0.05, 0) is 35.9 Å². The summed E-state index contributed by atoms with van der Waals surface area (Å²) >= 11 is 17.6. The summed E-state index contributed by atoms with van der Waals surface area (Å²) in [5, 5.41) is 9.89. The molecule has 0 fully saturated rings.